The SMILES string of the molecule is CCCCC[C@H](O)/C=C/[C@@H]1[C@@H](CC(=O)CCCCC(=O)OC[C@H](COP(=O)(O)OC[C@@H](O)CO)OC(=O)CCCCCCCCCCCCCCCCCC(C)C)[C@@H](O)C[C@H]1O. The van der Waals surface area contributed by atoms with Gasteiger partial charge in [0, 0.05) is 43.9 Å². The fraction of sp³-hybridized carbons (Fsp3) is 0.894. The molecule has 1 rings (SSSR count). The predicted octanol–water partition coefficient (Wildman–Crippen LogP) is 8.59. The van der Waals surface area contributed by atoms with Crippen molar-refractivity contribution in [1.82, 2.24) is 0 Å². The summed E-state index contributed by atoms with van der Waals surface area (Å²) in [5, 5.41) is 49.7. The number of hydrogen-bond acceptors (Lipinski definition) is 13. The molecule has 364 valence electrons. The highest BCUT2D eigenvalue weighted by Crippen LogP contribution is 2.43. The van der Waals surface area contributed by atoms with Gasteiger partial charge in [-0.25, -0.2) is 4.57 Å². The van der Waals surface area contributed by atoms with Crippen LogP contribution in [0.3, 0.4) is 0 Å². The first-order valence-electron chi connectivity index (χ1n) is 24.2. The van der Waals surface area contributed by atoms with E-state index in [2.05, 4.69) is 25.3 Å². The zero-order valence-corrected chi connectivity index (χ0v) is 39.5. The average Bonchev–Trinajstić information content (AvgIpc) is 3.49. The fourth-order valence-electron chi connectivity index (χ4n) is 7.76. The lowest BCUT2D eigenvalue weighted by atomic mass is 9.87. The maximum Gasteiger partial charge on any atom is 0.472 e. The van der Waals surface area contributed by atoms with Crippen LogP contribution in [0.5, 0.6) is 0 Å². The Kier molecular flexibility index (Phi) is 34.3. The Morgan fingerprint density at radius 2 is 1.19 bits per heavy atom. The average molecular weight is 907 g/mol. The molecule has 0 bridgehead atoms. The molecule has 1 fully saturated rings. The van der Waals surface area contributed by atoms with Crippen LogP contribution in [0, 0.1) is 17.8 Å². The molecule has 0 aromatic heterocycles. The second-order valence-corrected chi connectivity index (χ2v) is 19.4. The van der Waals surface area contributed by atoms with E-state index in [4.69, 9.17) is 19.1 Å². The summed E-state index contributed by atoms with van der Waals surface area (Å²) in [6.07, 6.45) is 22.4. The van der Waals surface area contributed by atoms with E-state index in [-0.39, 0.29) is 37.9 Å². The fourth-order valence-corrected chi connectivity index (χ4v) is 8.55. The van der Waals surface area contributed by atoms with Crippen LogP contribution in [0.2, 0.25) is 0 Å². The van der Waals surface area contributed by atoms with E-state index >= 15 is 0 Å². The van der Waals surface area contributed by atoms with Gasteiger partial charge in [0.1, 0.15) is 18.5 Å². The van der Waals surface area contributed by atoms with Gasteiger partial charge in [-0.05, 0) is 31.6 Å². The summed E-state index contributed by atoms with van der Waals surface area (Å²) in [6.45, 7) is 4.21. The predicted molar refractivity (Wildman–Crippen MR) is 240 cm³/mol. The number of rotatable bonds is 41. The number of hydrogen-bond donors (Lipinski definition) is 6. The van der Waals surface area contributed by atoms with Crippen molar-refractivity contribution in [3.05, 3.63) is 12.2 Å². The smallest absolute Gasteiger partial charge is 0.462 e. The second-order valence-electron chi connectivity index (χ2n) is 17.9. The Morgan fingerprint density at radius 3 is 1.77 bits per heavy atom. The molecule has 1 aliphatic rings. The molecule has 0 radical (unpaired) electrons. The summed E-state index contributed by atoms with van der Waals surface area (Å²) in [4.78, 5) is 48.1. The number of ether oxygens (including phenoxy) is 2. The van der Waals surface area contributed by atoms with E-state index in [1.807, 2.05) is 0 Å². The lowest BCUT2D eigenvalue weighted by molar-refractivity contribution is -0.161. The first kappa shape index (κ1) is 58.3. The molecule has 0 amide bonds. The molecule has 6 N–H and O–H groups in total. The molecule has 0 spiro atoms. The van der Waals surface area contributed by atoms with Crippen molar-refractivity contribution in [2.24, 2.45) is 17.8 Å². The number of phosphoric ester groups is 1. The highest BCUT2D eigenvalue weighted by molar-refractivity contribution is 7.47. The lowest BCUT2D eigenvalue weighted by Gasteiger charge is -2.20. The van der Waals surface area contributed by atoms with Gasteiger partial charge < -0.3 is 39.9 Å². The van der Waals surface area contributed by atoms with Crippen molar-refractivity contribution in [1.29, 1.82) is 0 Å². The summed E-state index contributed by atoms with van der Waals surface area (Å²) >= 11 is 0. The number of unbranched alkanes of at least 4 members (excludes halogenated alkanes) is 17. The van der Waals surface area contributed by atoms with Crippen LogP contribution in [0.4, 0.5) is 0 Å². The number of esters is 2. The van der Waals surface area contributed by atoms with Crippen LogP contribution in [-0.2, 0) is 37.5 Å². The molecule has 1 aliphatic carbocycles. The standard InChI is InChI=1S/C47H87O14P/c1-4-5-19-25-38(49)29-30-42-43(45(53)32-44(42)52)31-39(50)26-22-23-27-46(54)58-35-41(36-60-62(56,57)59-34-40(51)33-48)61-47(55)28-21-18-16-14-12-10-8-6-7-9-11-13-15-17-20-24-37(2)3/h29-30,37-38,40-45,48-49,51-53H,4-28,31-36H2,1-3H3,(H,56,57)/b30-29+/t38-,40-,41+,42+,43+,44+,45-/m0/s1. The summed E-state index contributed by atoms with van der Waals surface area (Å²) < 4.78 is 32.7. The third-order valence-corrected chi connectivity index (χ3v) is 12.5. The molecule has 0 aromatic carbocycles. The van der Waals surface area contributed by atoms with Gasteiger partial charge in [0.2, 0.25) is 0 Å². The molecule has 0 aliphatic heterocycles. The lowest BCUT2D eigenvalue weighted by Crippen LogP contribution is -2.29. The van der Waals surface area contributed by atoms with Crippen molar-refractivity contribution in [2.45, 2.75) is 225 Å². The van der Waals surface area contributed by atoms with E-state index in [9.17, 15) is 44.3 Å². The van der Waals surface area contributed by atoms with Crippen LogP contribution in [-0.4, -0.2) is 105 Å². The van der Waals surface area contributed by atoms with Crippen LogP contribution in [0.15, 0.2) is 12.2 Å². The maximum absolute atomic E-state index is 12.8. The molecule has 0 aromatic rings. The summed E-state index contributed by atoms with van der Waals surface area (Å²) in [5.74, 6) is -1.43. The van der Waals surface area contributed by atoms with Gasteiger partial charge in [-0.3, -0.25) is 23.4 Å². The number of carbonyl (C=O) groups is 3. The van der Waals surface area contributed by atoms with Gasteiger partial charge in [-0.15, -0.1) is 0 Å². The Balaban J connectivity index is 2.42. The van der Waals surface area contributed by atoms with E-state index < -0.39 is 88.5 Å². The van der Waals surface area contributed by atoms with Crippen molar-refractivity contribution < 1.29 is 67.9 Å². The first-order valence-corrected chi connectivity index (χ1v) is 25.7. The van der Waals surface area contributed by atoms with Gasteiger partial charge in [0.05, 0.1) is 38.1 Å². The van der Waals surface area contributed by atoms with Crippen molar-refractivity contribution >= 4 is 25.5 Å². The van der Waals surface area contributed by atoms with Gasteiger partial charge >= 0.3 is 19.8 Å². The van der Waals surface area contributed by atoms with Crippen molar-refractivity contribution in [3.8, 4) is 0 Å². The Morgan fingerprint density at radius 1 is 0.677 bits per heavy atom. The molecule has 8 atom stereocenters. The summed E-state index contributed by atoms with van der Waals surface area (Å²) in [7, 11) is -4.71. The quantitative estimate of drug-likeness (QED) is 0.0146. The minimum Gasteiger partial charge on any atom is -0.462 e. The van der Waals surface area contributed by atoms with Crippen LogP contribution in [0.1, 0.15) is 194 Å². The largest absolute Gasteiger partial charge is 0.472 e. The summed E-state index contributed by atoms with van der Waals surface area (Å²) in [6, 6.07) is 0. The summed E-state index contributed by atoms with van der Waals surface area (Å²) in [5.41, 5.74) is 0. The molecule has 15 heteroatoms. The monoisotopic (exact) mass is 907 g/mol. The number of aliphatic hydroxyl groups is 5. The molecule has 0 saturated heterocycles. The third-order valence-electron chi connectivity index (χ3n) is 11.6. The molecular formula is C47H87O14P. The normalized spacial score (nSPS) is 20.4. The number of ketones is 1. The first-order chi connectivity index (χ1) is 29.7. The van der Waals surface area contributed by atoms with Crippen LogP contribution < -0.4 is 0 Å². The van der Waals surface area contributed by atoms with Gasteiger partial charge in [0.25, 0.3) is 0 Å². The van der Waals surface area contributed by atoms with E-state index in [0.717, 1.165) is 44.4 Å². The molecule has 1 saturated carbocycles. The molecule has 62 heavy (non-hydrogen) atoms. The number of carbonyl (C=O) groups excluding carboxylic acids is 3. The van der Waals surface area contributed by atoms with Crippen LogP contribution >= 0.6 is 7.82 Å². The Hall–Kier alpha value is -1.74. The zero-order valence-electron chi connectivity index (χ0n) is 38.6. The minimum absolute atomic E-state index is 0.0414. The van der Waals surface area contributed by atoms with Crippen molar-refractivity contribution in [3.63, 3.8) is 0 Å². The topological polar surface area (TPSA) is 227 Å². The van der Waals surface area contributed by atoms with Gasteiger partial charge in [-0.2, -0.15) is 0 Å². The molecule has 14 nitrogen and oxygen atoms in total. The molecule has 1 unspecified atom stereocenters. The van der Waals surface area contributed by atoms with Gasteiger partial charge in [0.15, 0.2) is 6.10 Å². The number of phosphoric acid groups is 1. The Labute approximate surface area is 373 Å². The van der Waals surface area contributed by atoms with E-state index in [0.29, 0.717) is 25.7 Å². The minimum atomic E-state index is -4.71. The van der Waals surface area contributed by atoms with E-state index in [1.54, 1.807) is 12.2 Å². The van der Waals surface area contributed by atoms with Crippen LogP contribution in [0.25, 0.3) is 0 Å². The number of Topliss-reactive ketones (excluding diaryl/α,β-unsaturated/α-hetero) is 1. The van der Waals surface area contributed by atoms with Gasteiger partial charge in [-0.1, -0.05) is 148 Å². The van der Waals surface area contributed by atoms with Crippen molar-refractivity contribution in [2.75, 3.05) is 26.4 Å². The Bertz CT molecular complexity index is 1230. The number of aliphatic hydroxyl groups excluding tert-OH is 5. The third kappa shape index (κ3) is 31.2. The maximum atomic E-state index is 12.8. The highest BCUT2D eigenvalue weighted by atomic mass is 31.2. The molecule has 0 heterocycles. The highest BCUT2D eigenvalue weighted by Gasteiger charge is 2.41. The molecular weight excluding hydrogens is 819 g/mol. The van der Waals surface area contributed by atoms with E-state index in [1.165, 1.54) is 77.0 Å². The second kappa shape index (κ2) is 36.5. The zero-order chi connectivity index (χ0) is 46.0.